The highest BCUT2D eigenvalue weighted by molar-refractivity contribution is 9.09. The second-order valence-electron chi connectivity index (χ2n) is 3.15. The van der Waals surface area contributed by atoms with E-state index in [9.17, 15) is 9.59 Å². The van der Waals surface area contributed by atoms with Gasteiger partial charge in [-0.3, -0.25) is 0 Å². The summed E-state index contributed by atoms with van der Waals surface area (Å²) in [6.07, 6.45) is 0.687. The van der Waals surface area contributed by atoms with Gasteiger partial charge in [-0.2, -0.15) is 0 Å². The molecule has 0 radical (unpaired) electrons. The van der Waals surface area contributed by atoms with Crippen LogP contribution in [0.3, 0.4) is 0 Å². The van der Waals surface area contributed by atoms with Crippen LogP contribution in [0, 0.1) is 11.8 Å². The van der Waals surface area contributed by atoms with Gasteiger partial charge in [-0.05, 0) is 12.1 Å². The van der Waals surface area contributed by atoms with Crippen molar-refractivity contribution in [3.8, 4) is 11.8 Å². The van der Waals surface area contributed by atoms with Crippen molar-refractivity contribution in [2.24, 2.45) is 0 Å². The van der Waals surface area contributed by atoms with Crippen molar-refractivity contribution in [2.45, 2.75) is 6.42 Å². The molecule has 0 saturated carbocycles. The normalized spacial score (nSPS) is 12.8. The Bertz CT molecular complexity index is 523. The lowest BCUT2D eigenvalue weighted by molar-refractivity contribution is 0.0444. The number of fused-ring (bicyclic) bond motifs is 1. The van der Waals surface area contributed by atoms with E-state index in [-0.39, 0.29) is 5.56 Å². The van der Waals surface area contributed by atoms with Crippen LogP contribution in [0.2, 0.25) is 0 Å². The van der Waals surface area contributed by atoms with E-state index < -0.39 is 11.9 Å². The summed E-state index contributed by atoms with van der Waals surface area (Å²) in [5.41, 5.74) is 1.14. The highest BCUT2D eigenvalue weighted by atomic mass is 79.9. The van der Waals surface area contributed by atoms with Crippen LogP contribution in [0.25, 0.3) is 0 Å². The largest absolute Gasteiger partial charge is 0.386 e. The van der Waals surface area contributed by atoms with Gasteiger partial charge in [0.2, 0.25) is 0 Å². The van der Waals surface area contributed by atoms with Crippen molar-refractivity contribution in [3.05, 3.63) is 34.9 Å². The molecule has 1 aromatic carbocycles. The number of esters is 2. The standard InChI is InChI=1S/C12H7BrO3/c13-7-2-1-4-8-5-3-6-9-10(8)12(15)16-11(9)14/h3,5-6H,2,7H2. The van der Waals surface area contributed by atoms with Gasteiger partial charge in [0.1, 0.15) is 0 Å². The number of benzene rings is 1. The van der Waals surface area contributed by atoms with Gasteiger partial charge in [-0.1, -0.05) is 33.8 Å². The van der Waals surface area contributed by atoms with Crippen LogP contribution in [0.5, 0.6) is 0 Å². The third-order valence-corrected chi connectivity index (χ3v) is 2.51. The zero-order valence-corrected chi connectivity index (χ0v) is 9.83. The lowest BCUT2D eigenvalue weighted by Crippen LogP contribution is -1.98. The molecule has 2 rings (SSSR count). The predicted molar refractivity (Wildman–Crippen MR) is 61.5 cm³/mol. The Kier molecular flexibility index (Phi) is 3.07. The molecule has 4 heteroatoms. The number of ether oxygens (including phenoxy) is 1. The molecule has 0 N–H and O–H groups in total. The number of cyclic esters (lactones) is 2. The summed E-state index contributed by atoms with van der Waals surface area (Å²) in [5, 5.41) is 0.776. The first kappa shape index (κ1) is 10.9. The molecule has 0 atom stereocenters. The molecule has 80 valence electrons. The zero-order chi connectivity index (χ0) is 11.5. The summed E-state index contributed by atoms with van der Waals surface area (Å²) in [4.78, 5) is 22.7. The van der Waals surface area contributed by atoms with Crippen LogP contribution < -0.4 is 0 Å². The lowest BCUT2D eigenvalue weighted by atomic mass is 10.0. The molecule has 16 heavy (non-hydrogen) atoms. The van der Waals surface area contributed by atoms with Gasteiger partial charge >= 0.3 is 11.9 Å². The van der Waals surface area contributed by atoms with Crippen LogP contribution >= 0.6 is 15.9 Å². The van der Waals surface area contributed by atoms with E-state index in [2.05, 4.69) is 32.5 Å². The van der Waals surface area contributed by atoms with E-state index in [1.807, 2.05) is 0 Å². The Labute approximate surface area is 101 Å². The fourth-order valence-electron chi connectivity index (χ4n) is 1.44. The van der Waals surface area contributed by atoms with Crippen molar-refractivity contribution >= 4 is 27.9 Å². The second kappa shape index (κ2) is 4.50. The molecular weight excluding hydrogens is 272 g/mol. The molecule has 0 bridgehead atoms. The molecule has 0 amide bonds. The molecule has 1 aromatic rings. The Hall–Kier alpha value is -1.60. The van der Waals surface area contributed by atoms with E-state index in [0.717, 1.165) is 5.33 Å². The molecule has 1 aliphatic heterocycles. The summed E-state index contributed by atoms with van der Waals surface area (Å²) in [5.74, 6) is 4.56. The van der Waals surface area contributed by atoms with Crippen molar-refractivity contribution < 1.29 is 14.3 Å². The third-order valence-electron chi connectivity index (χ3n) is 2.12. The maximum atomic E-state index is 11.4. The van der Waals surface area contributed by atoms with Crippen LogP contribution in [0.1, 0.15) is 32.7 Å². The second-order valence-corrected chi connectivity index (χ2v) is 3.94. The zero-order valence-electron chi connectivity index (χ0n) is 8.25. The average molecular weight is 279 g/mol. The Balaban J connectivity index is 2.47. The fourth-order valence-corrected chi connectivity index (χ4v) is 1.64. The number of carbonyl (C=O) groups excluding carboxylic acids is 2. The minimum absolute atomic E-state index is 0.287. The first-order valence-electron chi connectivity index (χ1n) is 4.68. The molecule has 0 saturated heterocycles. The minimum Gasteiger partial charge on any atom is -0.386 e. The molecule has 0 unspecified atom stereocenters. The van der Waals surface area contributed by atoms with Gasteiger partial charge in [0.25, 0.3) is 0 Å². The van der Waals surface area contributed by atoms with E-state index in [4.69, 9.17) is 0 Å². The van der Waals surface area contributed by atoms with E-state index in [0.29, 0.717) is 17.5 Å². The number of rotatable bonds is 1. The van der Waals surface area contributed by atoms with E-state index in [1.54, 1.807) is 18.2 Å². The quantitative estimate of drug-likeness (QED) is 0.342. The molecule has 3 nitrogen and oxygen atoms in total. The number of carbonyl (C=O) groups is 2. The Morgan fingerprint density at radius 2 is 2.06 bits per heavy atom. The van der Waals surface area contributed by atoms with Crippen LogP contribution in [-0.2, 0) is 4.74 Å². The first-order valence-corrected chi connectivity index (χ1v) is 5.80. The van der Waals surface area contributed by atoms with Gasteiger partial charge in [0, 0.05) is 17.3 Å². The Morgan fingerprint density at radius 1 is 1.25 bits per heavy atom. The van der Waals surface area contributed by atoms with E-state index in [1.165, 1.54) is 0 Å². The number of hydrogen-bond donors (Lipinski definition) is 0. The molecule has 1 aliphatic rings. The van der Waals surface area contributed by atoms with Crippen molar-refractivity contribution in [3.63, 3.8) is 0 Å². The molecule has 0 aromatic heterocycles. The summed E-state index contributed by atoms with van der Waals surface area (Å²) in [6.45, 7) is 0. The molecule has 0 spiro atoms. The smallest absolute Gasteiger partial charge is 0.348 e. The fraction of sp³-hybridized carbons (Fsp3) is 0.167. The highest BCUT2D eigenvalue weighted by Gasteiger charge is 2.31. The topological polar surface area (TPSA) is 43.4 Å². The van der Waals surface area contributed by atoms with Gasteiger partial charge in [0.05, 0.1) is 11.1 Å². The monoisotopic (exact) mass is 278 g/mol. The highest BCUT2D eigenvalue weighted by Crippen LogP contribution is 2.22. The number of halogens is 1. The lowest BCUT2D eigenvalue weighted by Gasteiger charge is -1.95. The van der Waals surface area contributed by atoms with Gasteiger partial charge in [-0.15, -0.1) is 0 Å². The molecule has 1 heterocycles. The van der Waals surface area contributed by atoms with Crippen molar-refractivity contribution in [1.29, 1.82) is 0 Å². The number of hydrogen-bond acceptors (Lipinski definition) is 3. The maximum Gasteiger partial charge on any atom is 0.348 e. The molecule has 0 fully saturated rings. The van der Waals surface area contributed by atoms with Crippen LogP contribution in [0.15, 0.2) is 18.2 Å². The van der Waals surface area contributed by atoms with Crippen LogP contribution in [-0.4, -0.2) is 17.3 Å². The first-order chi connectivity index (χ1) is 7.74. The Morgan fingerprint density at radius 3 is 2.81 bits per heavy atom. The third kappa shape index (κ3) is 1.86. The molecular formula is C12H7BrO3. The summed E-state index contributed by atoms with van der Waals surface area (Å²) in [7, 11) is 0. The minimum atomic E-state index is -0.608. The number of alkyl halides is 1. The van der Waals surface area contributed by atoms with Gasteiger partial charge < -0.3 is 4.74 Å². The van der Waals surface area contributed by atoms with Gasteiger partial charge in [0.15, 0.2) is 0 Å². The van der Waals surface area contributed by atoms with Crippen LogP contribution in [0.4, 0.5) is 0 Å². The summed E-state index contributed by atoms with van der Waals surface area (Å²) < 4.78 is 4.52. The van der Waals surface area contributed by atoms with E-state index >= 15 is 0 Å². The predicted octanol–water partition coefficient (Wildman–Crippen LogP) is 2.13. The summed E-state index contributed by atoms with van der Waals surface area (Å²) >= 11 is 3.26. The SMILES string of the molecule is O=C1OC(=O)c2c(C#CCCBr)cccc21. The van der Waals surface area contributed by atoms with Crippen molar-refractivity contribution in [1.82, 2.24) is 0 Å². The maximum absolute atomic E-state index is 11.4. The average Bonchev–Trinajstić information content (AvgIpc) is 2.56. The van der Waals surface area contributed by atoms with Crippen molar-refractivity contribution in [2.75, 3.05) is 5.33 Å². The molecule has 0 aliphatic carbocycles. The summed E-state index contributed by atoms with van der Waals surface area (Å²) in [6, 6.07) is 4.97. The van der Waals surface area contributed by atoms with Gasteiger partial charge in [-0.25, -0.2) is 9.59 Å².